The predicted octanol–water partition coefficient (Wildman–Crippen LogP) is 1.91. The van der Waals surface area contributed by atoms with E-state index in [1.54, 1.807) is 6.07 Å². The minimum Gasteiger partial charge on any atom is -0.497 e. The minimum absolute atomic E-state index is 0.0457. The van der Waals surface area contributed by atoms with Crippen LogP contribution in [0.5, 0.6) is 5.75 Å². The highest BCUT2D eigenvalue weighted by Crippen LogP contribution is 2.21. The summed E-state index contributed by atoms with van der Waals surface area (Å²) in [4.78, 5) is 11.1. The highest BCUT2D eigenvalue weighted by molar-refractivity contribution is 5.97. The van der Waals surface area contributed by atoms with Crippen LogP contribution in [0.4, 0.5) is 4.39 Å². The maximum Gasteiger partial charge on any atom is 0.161 e. The summed E-state index contributed by atoms with van der Waals surface area (Å²) >= 11 is 0. The highest BCUT2D eigenvalue weighted by Gasteiger charge is 2.14. The number of methoxy groups -OCH3 is 1. The van der Waals surface area contributed by atoms with Crippen molar-refractivity contribution < 1.29 is 13.9 Å². The van der Waals surface area contributed by atoms with Crippen LogP contribution in [0, 0.1) is 17.1 Å². The normalized spacial score (nSPS) is 9.29. The molecule has 0 saturated carbocycles. The minimum atomic E-state index is -0.739. The molecule has 0 N–H and O–H groups in total. The monoisotopic (exact) mass is 193 g/mol. The molecule has 0 amide bonds. The Morgan fingerprint density at radius 3 is 2.64 bits per heavy atom. The van der Waals surface area contributed by atoms with Crippen LogP contribution >= 0.6 is 0 Å². The molecule has 14 heavy (non-hydrogen) atoms. The summed E-state index contributed by atoms with van der Waals surface area (Å²) in [6, 6.07) is 4.07. The molecule has 72 valence electrons. The lowest BCUT2D eigenvalue weighted by Crippen LogP contribution is -2.00. The Morgan fingerprint density at radius 1 is 1.57 bits per heavy atom. The van der Waals surface area contributed by atoms with E-state index in [0.29, 0.717) is 0 Å². The molecule has 0 aliphatic rings. The molecule has 1 rings (SSSR count). The van der Waals surface area contributed by atoms with Crippen molar-refractivity contribution in [3.05, 3.63) is 29.1 Å². The molecular formula is C10H8FNO2. The summed E-state index contributed by atoms with van der Waals surface area (Å²) in [7, 11) is 1.37. The SMILES string of the molecule is COc1cc(F)c(C#N)c(C(C)=O)c1. The van der Waals surface area contributed by atoms with Gasteiger partial charge in [-0.15, -0.1) is 0 Å². The Balaban J connectivity index is 3.45. The van der Waals surface area contributed by atoms with E-state index < -0.39 is 5.82 Å². The standard InChI is InChI=1S/C10H8FNO2/c1-6(13)8-3-7(14-2)4-10(11)9(8)5-12/h3-4H,1-2H3. The predicted molar refractivity (Wildman–Crippen MR) is 47.7 cm³/mol. The van der Waals surface area contributed by atoms with E-state index in [1.807, 2.05) is 0 Å². The van der Waals surface area contributed by atoms with E-state index in [4.69, 9.17) is 10.00 Å². The summed E-state index contributed by atoms with van der Waals surface area (Å²) < 4.78 is 18.0. The van der Waals surface area contributed by atoms with Crippen LogP contribution in [-0.2, 0) is 0 Å². The number of carbonyl (C=O) groups is 1. The first kappa shape index (κ1) is 10.2. The highest BCUT2D eigenvalue weighted by atomic mass is 19.1. The van der Waals surface area contributed by atoms with E-state index in [-0.39, 0.29) is 22.7 Å². The van der Waals surface area contributed by atoms with Gasteiger partial charge < -0.3 is 4.74 Å². The van der Waals surface area contributed by atoms with Crippen LogP contribution in [-0.4, -0.2) is 12.9 Å². The molecule has 0 atom stereocenters. The van der Waals surface area contributed by atoms with Crippen LogP contribution in [0.3, 0.4) is 0 Å². The average molecular weight is 193 g/mol. The number of hydrogen-bond donors (Lipinski definition) is 0. The van der Waals surface area contributed by atoms with Crippen molar-refractivity contribution in [1.29, 1.82) is 5.26 Å². The van der Waals surface area contributed by atoms with Crippen molar-refractivity contribution in [3.63, 3.8) is 0 Å². The zero-order chi connectivity index (χ0) is 10.7. The van der Waals surface area contributed by atoms with E-state index in [0.717, 1.165) is 6.07 Å². The summed E-state index contributed by atoms with van der Waals surface area (Å²) in [5.41, 5.74) is -0.192. The molecule has 0 spiro atoms. The van der Waals surface area contributed by atoms with Gasteiger partial charge in [0.15, 0.2) is 5.78 Å². The Bertz CT molecular complexity index is 421. The molecule has 0 fully saturated rings. The van der Waals surface area contributed by atoms with Crippen molar-refractivity contribution in [3.8, 4) is 11.8 Å². The second-order valence-electron chi connectivity index (χ2n) is 2.70. The number of nitriles is 1. The number of rotatable bonds is 2. The van der Waals surface area contributed by atoms with Gasteiger partial charge in [-0.3, -0.25) is 4.79 Å². The molecule has 3 nitrogen and oxygen atoms in total. The first-order chi connectivity index (χ1) is 6.60. The van der Waals surface area contributed by atoms with Crippen molar-refractivity contribution in [1.82, 2.24) is 0 Å². The lowest BCUT2D eigenvalue weighted by molar-refractivity contribution is 0.101. The van der Waals surface area contributed by atoms with Crippen LogP contribution in [0.15, 0.2) is 12.1 Å². The quantitative estimate of drug-likeness (QED) is 0.674. The van der Waals surface area contributed by atoms with E-state index >= 15 is 0 Å². The van der Waals surface area contributed by atoms with Crippen molar-refractivity contribution >= 4 is 5.78 Å². The second-order valence-corrected chi connectivity index (χ2v) is 2.70. The van der Waals surface area contributed by atoms with Gasteiger partial charge >= 0.3 is 0 Å². The Kier molecular flexibility index (Phi) is 2.82. The van der Waals surface area contributed by atoms with Gasteiger partial charge in [-0.1, -0.05) is 0 Å². The van der Waals surface area contributed by atoms with E-state index in [9.17, 15) is 9.18 Å². The fourth-order valence-corrected chi connectivity index (χ4v) is 1.09. The number of nitrogens with zero attached hydrogens (tertiary/aromatic N) is 1. The van der Waals surface area contributed by atoms with Gasteiger partial charge in [0.2, 0.25) is 0 Å². The maximum atomic E-state index is 13.2. The van der Waals surface area contributed by atoms with Crippen molar-refractivity contribution in [2.75, 3.05) is 7.11 Å². The molecule has 0 radical (unpaired) electrons. The summed E-state index contributed by atoms with van der Waals surface area (Å²) in [6.45, 7) is 1.27. The van der Waals surface area contributed by atoms with Gasteiger partial charge in [-0.2, -0.15) is 5.26 Å². The summed E-state index contributed by atoms with van der Waals surface area (Å²) in [6.07, 6.45) is 0. The smallest absolute Gasteiger partial charge is 0.161 e. The average Bonchev–Trinajstić information content (AvgIpc) is 2.16. The van der Waals surface area contributed by atoms with Crippen molar-refractivity contribution in [2.45, 2.75) is 6.92 Å². The number of ketones is 1. The first-order valence-corrected chi connectivity index (χ1v) is 3.88. The number of benzene rings is 1. The van der Waals surface area contributed by atoms with Gasteiger partial charge in [-0.25, -0.2) is 4.39 Å². The number of hydrogen-bond acceptors (Lipinski definition) is 3. The van der Waals surface area contributed by atoms with Crippen LogP contribution in [0.25, 0.3) is 0 Å². The molecule has 1 aromatic rings. The molecule has 1 aromatic carbocycles. The molecule has 0 aliphatic carbocycles. The fraction of sp³-hybridized carbons (Fsp3) is 0.200. The van der Waals surface area contributed by atoms with Crippen LogP contribution < -0.4 is 4.74 Å². The van der Waals surface area contributed by atoms with Gasteiger partial charge in [-0.05, 0) is 13.0 Å². The second kappa shape index (κ2) is 3.88. The zero-order valence-electron chi connectivity index (χ0n) is 7.80. The van der Waals surface area contributed by atoms with E-state index in [1.165, 1.54) is 20.1 Å². The third-order valence-electron chi connectivity index (χ3n) is 1.79. The molecule has 0 bridgehead atoms. The van der Waals surface area contributed by atoms with Gasteiger partial charge in [0.05, 0.1) is 12.7 Å². The van der Waals surface area contributed by atoms with Gasteiger partial charge in [0, 0.05) is 11.6 Å². The molecular weight excluding hydrogens is 185 g/mol. The molecule has 0 aliphatic heterocycles. The molecule has 4 heteroatoms. The first-order valence-electron chi connectivity index (χ1n) is 3.88. The van der Waals surface area contributed by atoms with Gasteiger partial charge in [0.25, 0.3) is 0 Å². The Labute approximate surface area is 80.7 Å². The molecule has 0 heterocycles. The lowest BCUT2D eigenvalue weighted by atomic mass is 10.0. The largest absolute Gasteiger partial charge is 0.497 e. The lowest BCUT2D eigenvalue weighted by Gasteiger charge is -2.04. The number of halogens is 1. The van der Waals surface area contributed by atoms with Crippen molar-refractivity contribution in [2.24, 2.45) is 0 Å². The number of ether oxygens (including phenoxy) is 1. The molecule has 0 aromatic heterocycles. The third-order valence-corrected chi connectivity index (χ3v) is 1.79. The zero-order valence-corrected chi connectivity index (χ0v) is 7.80. The molecule has 0 unspecified atom stereocenters. The number of carbonyl (C=O) groups excluding carboxylic acids is 1. The van der Waals surface area contributed by atoms with Crippen LogP contribution in [0.2, 0.25) is 0 Å². The maximum absolute atomic E-state index is 13.2. The molecule has 0 saturated heterocycles. The Morgan fingerprint density at radius 2 is 2.21 bits per heavy atom. The topological polar surface area (TPSA) is 50.1 Å². The Hall–Kier alpha value is -1.89. The fourth-order valence-electron chi connectivity index (χ4n) is 1.09. The third kappa shape index (κ3) is 1.72. The number of Topliss-reactive ketones (excluding diaryl/α,β-unsaturated/α-hetero) is 1. The summed E-state index contributed by atoms with van der Waals surface area (Å²) in [5, 5.41) is 8.63. The summed E-state index contributed by atoms with van der Waals surface area (Å²) in [5.74, 6) is -0.872. The van der Waals surface area contributed by atoms with Crippen LogP contribution in [0.1, 0.15) is 22.8 Å². The van der Waals surface area contributed by atoms with Gasteiger partial charge in [0.1, 0.15) is 17.6 Å². The van der Waals surface area contributed by atoms with E-state index in [2.05, 4.69) is 0 Å².